The number of para-hydroxylation sites is 1. The van der Waals surface area contributed by atoms with Crippen LogP contribution in [-0.4, -0.2) is 18.3 Å². The highest BCUT2D eigenvalue weighted by Crippen LogP contribution is 2.42. The van der Waals surface area contributed by atoms with E-state index in [0.29, 0.717) is 11.8 Å². The van der Waals surface area contributed by atoms with Gasteiger partial charge in [0.2, 0.25) is 0 Å². The van der Waals surface area contributed by atoms with E-state index in [0.717, 1.165) is 13.1 Å². The summed E-state index contributed by atoms with van der Waals surface area (Å²) in [6, 6.07) is 8.60. The number of nitrogens with zero attached hydrogens (tertiary/aromatic N) is 2. The molecule has 1 aromatic rings. The lowest BCUT2D eigenvalue weighted by molar-refractivity contribution is 0.396. The van der Waals surface area contributed by atoms with Gasteiger partial charge in [-0.15, -0.1) is 0 Å². The van der Waals surface area contributed by atoms with Crippen LogP contribution >= 0.6 is 11.8 Å². The molecule has 0 spiro atoms. The van der Waals surface area contributed by atoms with Crippen LogP contribution in [0, 0.1) is 11.8 Å². The highest BCUT2D eigenvalue weighted by Gasteiger charge is 2.32. The molecule has 2 aliphatic heterocycles. The minimum absolute atomic E-state index is 0.690. The molecule has 84 valence electrons. The van der Waals surface area contributed by atoms with Crippen molar-refractivity contribution in [2.75, 3.05) is 18.0 Å². The number of rotatable bonds is 1. The minimum Gasteiger partial charge on any atom is -0.319 e. The number of hydrogen-bond acceptors (Lipinski definition) is 3. The lowest BCUT2D eigenvalue weighted by atomic mass is 9.94. The van der Waals surface area contributed by atoms with Gasteiger partial charge < -0.3 is 4.90 Å². The van der Waals surface area contributed by atoms with Crippen LogP contribution in [0.25, 0.3) is 0 Å². The number of aliphatic imine (C=N–C) groups is 1. The number of hydrogen-bond donors (Lipinski definition) is 0. The molecule has 0 N–H and O–H groups in total. The Morgan fingerprint density at radius 3 is 3.00 bits per heavy atom. The van der Waals surface area contributed by atoms with E-state index in [1.165, 1.54) is 15.8 Å². The third-order valence-corrected chi connectivity index (χ3v) is 4.51. The van der Waals surface area contributed by atoms with Crippen molar-refractivity contribution in [2.24, 2.45) is 16.8 Å². The predicted octanol–water partition coefficient (Wildman–Crippen LogP) is 3.24. The van der Waals surface area contributed by atoms with Crippen molar-refractivity contribution >= 4 is 22.6 Å². The molecule has 16 heavy (non-hydrogen) atoms. The van der Waals surface area contributed by atoms with E-state index in [1.54, 1.807) is 0 Å². The quantitative estimate of drug-likeness (QED) is 0.738. The fourth-order valence-electron chi connectivity index (χ4n) is 2.23. The van der Waals surface area contributed by atoms with E-state index >= 15 is 0 Å². The Kier molecular flexibility index (Phi) is 2.43. The fourth-order valence-corrected chi connectivity index (χ4v) is 3.27. The Morgan fingerprint density at radius 1 is 1.38 bits per heavy atom. The standard InChI is InChI=1S/C13H16N2S/c1-9(2)10-7-14-13-15(8-10)11-5-3-4-6-12(11)16-13/h3-6,9-10H,7-8H2,1-2H3/t10-/m0/s1. The smallest absolute Gasteiger partial charge is 0.168 e. The molecule has 1 atom stereocenters. The summed E-state index contributed by atoms with van der Waals surface area (Å²) in [6.45, 7) is 6.70. The molecular formula is C13H16N2S. The van der Waals surface area contributed by atoms with Crippen molar-refractivity contribution < 1.29 is 0 Å². The van der Waals surface area contributed by atoms with Gasteiger partial charge in [-0.2, -0.15) is 0 Å². The lowest BCUT2D eigenvalue weighted by Gasteiger charge is -2.31. The van der Waals surface area contributed by atoms with Crippen molar-refractivity contribution in [1.82, 2.24) is 0 Å². The van der Waals surface area contributed by atoms with Gasteiger partial charge in [-0.25, -0.2) is 0 Å². The van der Waals surface area contributed by atoms with Crippen LogP contribution in [0.15, 0.2) is 34.2 Å². The molecule has 0 fully saturated rings. The SMILES string of the molecule is CC(C)[C@H]1CN=C2Sc3ccccc3N2C1. The molecule has 0 saturated heterocycles. The van der Waals surface area contributed by atoms with Gasteiger partial charge >= 0.3 is 0 Å². The summed E-state index contributed by atoms with van der Waals surface area (Å²) in [4.78, 5) is 8.45. The van der Waals surface area contributed by atoms with Gasteiger partial charge in [0.05, 0.1) is 5.69 Å². The van der Waals surface area contributed by atoms with Crippen LogP contribution in [0.4, 0.5) is 5.69 Å². The Bertz CT molecular complexity index is 439. The summed E-state index contributed by atoms with van der Waals surface area (Å²) in [5.74, 6) is 1.40. The molecule has 0 saturated carbocycles. The third-order valence-electron chi connectivity index (χ3n) is 3.41. The molecule has 2 heterocycles. The summed E-state index contributed by atoms with van der Waals surface area (Å²) in [6.07, 6.45) is 0. The molecule has 0 unspecified atom stereocenters. The van der Waals surface area contributed by atoms with Crippen LogP contribution in [0.2, 0.25) is 0 Å². The molecule has 2 nitrogen and oxygen atoms in total. The highest BCUT2D eigenvalue weighted by molar-refractivity contribution is 8.14. The van der Waals surface area contributed by atoms with Crippen LogP contribution in [0.5, 0.6) is 0 Å². The molecule has 3 heteroatoms. The zero-order valence-electron chi connectivity index (χ0n) is 9.68. The van der Waals surface area contributed by atoms with E-state index in [-0.39, 0.29) is 0 Å². The van der Waals surface area contributed by atoms with Crippen molar-refractivity contribution in [3.63, 3.8) is 0 Å². The first-order valence-electron chi connectivity index (χ1n) is 5.84. The topological polar surface area (TPSA) is 15.6 Å². The van der Waals surface area contributed by atoms with E-state index in [1.807, 2.05) is 11.8 Å². The first-order chi connectivity index (χ1) is 7.75. The lowest BCUT2D eigenvalue weighted by Crippen LogP contribution is -2.38. The van der Waals surface area contributed by atoms with E-state index in [2.05, 4.69) is 43.0 Å². The van der Waals surface area contributed by atoms with Crippen LogP contribution < -0.4 is 4.90 Å². The van der Waals surface area contributed by atoms with Gasteiger partial charge in [-0.1, -0.05) is 26.0 Å². The summed E-state index contributed by atoms with van der Waals surface area (Å²) in [5.41, 5.74) is 1.34. The number of fused-ring (bicyclic) bond motifs is 3. The molecule has 3 rings (SSSR count). The molecule has 2 aliphatic rings. The maximum absolute atomic E-state index is 4.71. The van der Waals surface area contributed by atoms with Crippen LogP contribution in [-0.2, 0) is 0 Å². The van der Waals surface area contributed by atoms with Gasteiger partial charge in [-0.3, -0.25) is 4.99 Å². The molecule has 1 aromatic carbocycles. The Morgan fingerprint density at radius 2 is 2.19 bits per heavy atom. The molecule has 0 amide bonds. The Hall–Kier alpha value is -0.960. The summed E-state index contributed by atoms with van der Waals surface area (Å²) < 4.78 is 0. The zero-order chi connectivity index (χ0) is 11.1. The first-order valence-corrected chi connectivity index (χ1v) is 6.66. The monoisotopic (exact) mass is 232 g/mol. The molecule has 0 aliphatic carbocycles. The zero-order valence-corrected chi connectivity index (χ0v) is 10.5. The van der Waals surface area contributed by atoms with Crippen molar-refractivity contribution in [3.05, 3.63) is 24.3 Å². The fraction of sp³-hybridized carbons (Fsp3) is 0.462. The van der Waals surface area contributed by atoms with Crippen molar-refractivity contribution in [2.45, 2.75) is 18.7 Å². The van der Waals surface area contributed by atoms with Crippen molar-refractivity contribution in [1.29, 1.82) is 0 Å². The second-order valence-electron chi connectivity index (χ2n) is 4.81. The van der Waals surface area contributed by atoms with Gasteiger partial charge in [0.25, 0.3) is 0 Å². The van der Waals surface area contributed by atoms with Crippen LogP contribution in [0.3, 0.4) is 0 Å². The second-order valence-corrected chi connectivity index (χ2v) is 5.82. The normalized spacial score (nSPS) is 23.1. The summed E-state index contributed by atoms with van der Waals surface area (Å²) in [5, 5.41) is 1.19. The van der Waals surface area contributed by atoms with E-state index in [9.17, 15) is 0 Å². The maximum Gasteiger partial charge on any atom is 0.168 e. The summed E-state index contributed by atoms with van der Waals surface area (Å²) >= 11 is 1.81. The Labute approximate surface area is 101 Å². The third kappa shape index (κ3) is 1.54. The second kappa shape index (κ2) is 3.81. The highest BCUT2D eigenvalue weighted by atomic mass is 32.2. The molecular weight excluding hydrogens is 216 g/mol. The molecule has 0 radical (unpaired) electrons. The molecule has 0 aromatic heterocycles. The van der Waals surface area contributed by atoms with Gasteiger partial charge in [0.15, 0.2) is 5.17 Å². The van der Waals surface area contributed by atoms with E-state index < -0.39 is 0 Å². The Balaban J connectivity index is 1.94. The minimum atomic E-state index is 0.690. The van der Waals surface area contributed by atoms with Gasteiger partial charge in [0, 0.05) is 18.0 Å². The average Bonchev–Trinajstić information content (AvgIpc) is 2.66. The van der Waals surface area contributed by atoms with Gasteiger partial charge in [0.1, 0.15) is 0 Å². The van der Waals surface area contributed by atoms with Crippen LogP contribution in [0.1, 0.15) is 13.8 Å². The number of amidine groups is 1. The first kappa shape index (κ1) is 10.2. The van der Waals surface area contributed by atoms with Crippen molar-refractivity contribution in [3.8, 4) is 0 Å². The van der Waals surface area contributed by atoms with E-state index in [4.69, 9.17) is 4.99 Å². The molecule has 0 bridgehead atoms. The predicted molar refractivity (Wildman–Crippen MR) is 70.3 cm³/mol. The summed E-state index contributed by atoms with van der Waals surface area (Å²) in [7, 11) is 0. The number of thioether (sulfide) groups is 1. The largest absolute Gasteiger partial charge is 0.319 e. The number of benzene rings is 1. The average molecular weight is 232 g/mol. The number of anilines is 1. The van der Waals surface area contributed by atoms with Gasteiger partial charge in [-0.05, 0) is 35.7 Å². The maximum atomic E-state index is 4.71.